The molecule has 1 aliphatic carbocycles. The summed E-state index contributed by atoms with van der Waals surface area (Å²) in [6, 6.07) is 6.17. The molecule has 0 amide bonds. The van der Waals surface area contributed by atoms with Crippen LogP contribution in [0.25, 0.3) is 0 Å². The minimum Gasteiger partial charge on any atom is -0.478 e. The van der Waals surface area contributed by atoms with Crippen molar-refractivity contribution in [2.75, 3.05) is 6.54 Å². The summed E-state index contributed by atoms with van der Waals surface area (Å²) in [5.74, 6) is -0.849. The molecule has 19 heavy (non-hydrogen) atoms. The standard InChI is InChI=1S/C16H23NO2/c1-3-17(15-6-4-5-7-15)11-14-9-8-13(16(18)19)10-12(14)2/h8-10,15H,3-7,11H2,1-2H3,(H,18,19). The molecule has 0 unspecified atom stereocenters. The fraction of sp³-hybridized carbons (Fsp3) is 0.562. The van der Waals surface area contributed by atoms with E-state index in [4.69, 9.17) is 5.11 Å². The molecule has 1 saturated carbocycles. The Balaban J connectivity index is 2.10. The number of hydrogen-bond acceptors (Lipinski definition) is 2. The molecule has 0 aliphatic heterocycles. The molecule has 2 rings (SSSR count). The van der Waals surface area contributed by atoms with Crippen LogP contribution in [0.2, 0.25) is 0 Å². The van der Waals surface area contributed by atoms with Gasteiger partial charge in [0.1, 0.15) is 0 Å². The van der Waals surface area contributed by atoms with Crippen molar-refractivity contribution in [3.05, 3.63) is 34.9 Å². The number of rotatable bonds is 5. The summed E-state index contributed by atoms with van der Waals surface area (Å²) >= 11 is 0. The van der Waals surface area contributed by atoms with Gasteiger partial charge in [-0.25, -0.2) is 4.79 Å². The van der Waals surface area contributed by atoms with E-state index >= 15 is 0 Å². The van der Waals surface area contributed by atoms with Gasteiger partial charge >= 0.3 is 5.97 Å². The number of aromatic carboxylic acids is 1. The zero-order chi connectivity index (χ0) is 13.8. The molecule has 1 N–H and O–H groups in total. The first-order valence-corrected chi connectivity index (χ1v) is 7.18. The molecule has 0 aromatic heterocycles. The molecule has 0 bridgehead atoms. The van der Waals surface area contributed by atoms with Crippen LogP contribution in [0.15, 0.2) is 18.2 Å². The minimum absolute atomic E-state index is 0.380. The third-order valence-electron chi connectivity index (χ3n) is 4.21. The van der Waals surface area contributed by atoms with E-state index in [-0.39, 0.29) is 0 Å². The zero-order valence-electron chi connectivity index (χ0n) is 11.9. The van der Waals surface area contributed by atoms with Crippen LogP contribution >= 0.6 is 0 Å². The summed E-state index contributed by atoms with van der Waals surface area (Å²) in [6.07, 6.45) is 5.30. The van der Waals surface area contributed by atoms with Gasteiger partial charge in [0.2, 0.25) is 0 Å². The first kappa shape index (κ1) is 14.1. The van der Waals surface area contributed by atoms with Gasteiger partial charge in [-0.2, -0.15) is 0 Å². The molecule has 1 aliphatic rings. The Morgan fingerprint density at radius 2 is 2.05 bits per heavy atom. The van der Waals surface area contributed by atoms with Crippen LogP contribution in [0.3, 0.4) is 0 Å². The van der Waals surface area contributed by atoms with Crippen LogP contribution in [-0.4, -0.2) is 28.6 Å². The molecule has 1 aromatic carbocycles. The highest BCUT2D eigenvalue weighted by Gasteiger charge is 2.21. The second-order valence-corrected chi connectivity index (χ2v) is 5.45. The van der Waals surface area contributed by atoms with Crippen LogP contribution in [-0.2, 0) is 6.54 Å². The molecule has 1 fully saturated rings. The van der Waals surface area contributed by atoms with E-state index in [9.17, 15) is 4.79 Å². The molecule has 0 atom stereocenters. The normalized spacial score (nSPS) is 16.2. The second kappa shape index (κ2) is 6.20. The Morgan fingerprint density at radius 1 is 1.37 bits per heavy atom. The minimum atomic E-state index is -0.849. The fourth-order valence-corrected chi connectivity index (χ4v) is 2.99. The predicted octanol–water partition coefficient (Wildman–Crippen LogP) is 3.46. The van der Waals surface area contributed by atoms with Crippen LogP contribution < -0.4 is 0 Å². The van der Waals surface area contributed by atoms with Gasteiger partial charge in [0, 0.05) is 12.6 Å². The van der Waals surface area contributed by atoms with Crippen molar-refractivity contribution in [2.24, 2.45) is 0 Å². The van der Waals surface area contributed by atoms with Crippen LogP contribution in [0, 0.1) is 6.92 Å². The van der Waals surface area contributed by atoms with Gasteiger partial charge in [0.15, 0.2) is 0 Å². The molecule has 0 heterocycles. The van der Waals surface area contributed by atoms with Crippen molar-refractivity contribution in [3.63, 3.8) is 0 Å². The fourth-order valence-electron chi connectivity index (χ4n) is 2.99. The summed E-state index contributed by atoms with van der Waals surface area (Å²) in [4.78, 5) is 13.5. The highest BCUT2D eigenvalue weighted by molar-refractivity contribution is 5.87. The molecule has 104 valence electrons. The molecular formula is C16H23NO2. The van der Waals surface area contributed by atoms with Gasteiger partial charge in [0.25, 0.3) is 0 Å². The van der Waals surface area contributed by atoms with E-state index in [1.165, 1.54) is 31.2 Å². The lowest BCUT2D eigenvalue weighted by molar-refractivity contribution is 0.0696. The van der Waals surface area contributed by atoms with E-state index < -0.39 is 5.97 Å². The average molecular weight is 261 g/mol. The van der Waals surface area contributed by atoms with E-state index in [1.54, 1.807) is 12.1 Å². The quantitative estimate of drug-likeness (QED) is 0.882. The smallest absolute Gasteiger partial charge is 0.335 e. The summed E-state index contributed by atoms with van der Waals surface area (Å²) in [6.45, 7) is 6.21. The monoisotopic (exact) mass is 261 g/mol. The molecule has 0 spiro atoms. The lowest BCUT2D eigenvalue weighted by Crippen LogP contribution is -2.32. The van der Waals surface area contributed by atoms with Crippen molar-refractivity contribution in [1.29, 1.82) is 0 Å². The Bertz CT molecular complexity index is 450. The molecular weight excluding hydrogens is 238 g/mol. The number of benzene rings is 1. The average Bonchev–Trinajstić information content (AvgIpc) is 2.91. The Morgan fingerprint density at radius 3 is 2.58 bits per heavy atom. The van der Waals surface area contributed by atoms with Crippen molar-refractivity contribution in [3.8, 4) is 0 Å². The van der Waals surface area contributed by atoms with Gasteiger partial charge in [-0.3, -0.25) is 4.90 Å². The van der Waals surface area contributed by atoms with Crippen LogP contribution in [0.1, 0.15) is 54.1 Å². The van der Waals surface area contributed by atoms with E-state index in [0.717, 1.165) is 18.7 Å². The summed E-state index contributed by atoms with van der Waals surface area (Å²) in [7, 11) is 0. The predicted molar refractivity (Wildman–Crippen MR) is 76.5 cm³/mol. The van der Waals surface area contributed by atoms with Gasteiger partial charge in [0.05, 0.1) is 5.56 Å². The largest absolute Gasteiger partial charge is 0.478 e. The number of aryl methyl sites for hydroxylation is 1. The van der Waals surface area contributed by atoms with Gasteiger partial charge in [-0.15, -0.1) is 0 Å². The third kappa shape index (κ3) is 3.35. The molecule has 3 nitrogen and oxygen atoms in total. The van der Waals surface area contributed by atoms with Crippen molar-refractivity contribution in [2.45, 2.75) is 52.1 Å². The summed E-state index contributed by atoms with van der Waals surface area (Å²) < 4.78 is 0. The lowest BCUT2D eigenvalue weighted by atomic mass is 10.0. The number of nitrogens with zero attached hydrogens (tertiary/aromatic N) is 1. The molecule has 0 radical (unpaired) electrons. The highest BCUT2D eigenvalue weighted by Crippen LogP contribution is 2.25. The van der Waals surface area contributed by atoms with Gasteiger partial charge in [-0.1, -0.05) is 25.8 Å². The Labute approximate surface area is 115 Å². The van der Waals surface area contributed by atoms with E-state index in [0.29, 0.717) is 11.6 Å². The SMILES string of the molecule is CCN(Cc1ccc(C(=O)O)cc1C)C1CCCC1. The van der Waals surface area contributed by atoms with Gasteiger partial charge in [-0.05, 0) is 49.6 Å². The maximum absolute atomic E-state index is 10.9. The van der Waals surface area contributed by atoms with E-state index in [2.05, 4.69) is 11.8 Å². The number of carboxylic acid groups (broad SMARTS) is 1. The second-order valence-electron chi connectivity index (χ2n) is 5.45. The van der Waals surface area contributed by atoms with Crippen molar-refractivity contribution in [1.82, 2.24) is 4.90 Å². The number of hydrogen-bond donors (Lipinski definition) is 1. The van der Waals surface area contributed by atoms with Crippen molar-refractivity contribution < 1.29 is 9.90 Å². The topological polar surface area (TPSA) is 40.5 Å². The lowest BCUT2D eigenvalue weighted by Gasteiger charge is -2.28. The van der Waals surface area contributed by atoms with Crippen LogP contribution in [0.4, 0.5) is 0 Å². The molecule has 3 heteroatoms. The maximum Gasteiger partial charge on any atom is 0.335 e. The number of carbonyl (C=O) groups is 1. The Hall–Kier alpha value is -1.35. The Kier molecular flexibility index (Phi) is 4.59. The third-order valence-corrected chi connectivity index (χ3v) is 4.21. The zero-order valence-corrected chi connectivity index (χ0v) is 11.9. The first-order valence-electron chi connectivity index (χ1n) is 7.18. The summed E-state index contributed by atoms with van der Waals surface area (Å²) in [5.41, 5.74) is 2.71. The first-order chi connectivity index (χ1) is 9.11. The molecule has 0 saturated heterocycles. The maximum atomic E-state index is 10.9. The van der Waals surface area contributed by atoms with Crippen LogP contribution in [0.5, 0.6) is 0 Å². The van der Waals surface area contributed by atoms with Gasteiger partial charge < -0.3 is 5.11 Å². The van der Waals surface area contributed by atoms with Crippen molar-refractivity contribution >= 4 is 5.97 Å². The summed E-state index contributed by atoms with van der Waals surface area (Å²) in [5, 5.41) is 8.99. The van der Waals surface area contributed by atoms with E-state index in [1.807, 2.05) is 13.0 Å². The molecule has 1 aromatic rings. The highest BCUT2D eigenvalue weighted by atomic mass is 16.4. The number of carboxylic acids is 1.